The topological polar surface area (TPSA) is 82.4 Å². The van der Waals surface area contributed by atoms with Crippen LogP contribution in [0.1, 0.15) is 16.7 Å². The van der Waals surface area contributed by atoms with Crippen LogP contribution in [-0.2, 0) is 15.8 Å². The molecule has 7 heteroatoms. The van der Waals surface area contributed by atoms with Crippen LogP contribution in [0.4, 0.5) is 0 Å². The van der Waals surface area contributed by atoms with Gasteiger partial charge in [0.05, 0.1) is 16.5 Å². The van der Waals surface area contributed by atoms with E-state index in [0.717, 1.165) is 16.0 Å². The van der Waals surface area contributed by atoms with Crippen LogP contribution in [0.2, 0.25) is 0 Å². The normalized spacial score (nSPS) is 16.5. The molecule has 2 aromatic carbocycles. The Labute approximate surface area is 167 Å². The molecule has 0 saturated carbocycles. The van der Waals surface area contributed by atoms with E-state index in [4.69, 9.17) is 10.00 Å². The lowest BCUT2D eigenvalue weighted by Gasteiger charge is -2.47. The molecule has 1 N–H and O–H groups in total. The molecule has 28 heavy (non-hydrogen) atoms. The highest BCUT2D eigenvalue weighted by Crippen LogP contribution is 2.35. The van der Waals surface area contributed by atoms with Crippen molar-refractivity contribution in [3.63, 3.8) is 0 Å². The lowest BCUT2D eigenvalue weighted by atomic mass is 9.81. The first-order valence-corrected chi connectivity index (χ1v) is 10.1. The molecule has 1 aliphatic rings. The average molecular weight is 398 g/mol. The van der Waals surface area contributed by atoms with Crippen molar-refractivity contribution in [3.05, 3.63) is 59.2 Å². The summed E-state index contributed by atoms with van der Waals surface area (Å²) in [6, 6.07) is 14.7. The Bertz CT molecular complexity index is 944. The van der Waals surface area contributed by atoms with Gasteiger partial charge in [0, 0.05) is 20.1 Å². The number of benzene rings is 2. The Kier molecular flexibility index (Phi) is 5.82. The second-order valence-corrected chi connectivity index (χ2v) is 8.55. The summed E-state index contributed by atoms with van der Waals surface area (Å²) >= 11 is 0. The zero-order valence-electron chi connectivity index (χ0n) is 16.2. The maximum atomic E-state index is 12.9. The number of ether oxygens (including phenoxy) is 1. The fourth-order valence-electron chi connectivity index (χ4n) is 3.29. The highest BCUT2D eigenvalue weighted by molar-refractivity contribution is 7.82. The molecule has 6 nitrogen and oxygen atoms in total. The Morgan fingerprint density at radius 3 is 2.50 bits per heavy atom. The van der Waals surface area contributed by atoms with Crippen LogP contribution in [0.25, 0.3) is 0 Å². The molecule has 1 unspecified atom stereocenters. The van der Waals surface area contributed by atoms with Crippen molar-refractivity contribution >= 4 is 16.9 Å². The fraction of sp³-hybridized carbons (Fsp3) is 0.333. The van der Waals surface area contributed by atoms with E-state index < -0.39 is 16.4 Å². The van der Waals surface area contributed by atoms with E-state index in [-0.39, 0.29) is 12.5 Å². The van der Waals surface area contributed by atoms with Crippen LogP contribution in [0.15, 0.2) is 47.4 Å². The SMILES string of the molecule is CNC(=O)C1(COc2ccc(C#N)cc2)CN(S(=O)c2ccc(C)cc2C)C1. The standard InChI is InChI=1S/C21H23N3O3S/c1-15-4-9-19(16(2)10-15)28(26)24-12-21(13-24,20(25)23-3)14-27-18-7-5-17(11-22)6-8-18/h4-10H,12-14H2,1-3H3,(H,23,25). The minimum atomic E-state index is -1.32. The quantitative estimate of drug-likeness (QED) is 0.811. The fourth-order valence-corrected chi connectivity index (χ4v) is 4.82. The molecule has 1 fully saturated rings. The van der Waals surface area contributed by atoms with Crippen LogP contribution in [0.3, 0.4) is 0 Å². The minimum Gasteiger partial charge on any atom is -0.492 e. The zero-order valence-corrected chi connectivity index (χ0v) is 17.0. The first-order chi connectivity index (χ1) is 13.4. The largest absolute Gasteiger partial charge is 0.492 e. The molecule has 0 spiro atoms. The van der Waals surface area contributed by atoms with Gasteiger partial charge in [-0.1, -0.05) is 17.7 Å². The van der Waals surface area contributed by atoms with E-state index in [1.807, 2.05) is 32.0 Å². The molecule has 146 valence electrons. The predicted octanol–water partition coefficient (Wildman–Crippen LogP) is 2.32. The number of aryl methyl sites for hydroxylation is 2. The van der Waals surface area contributed by atoms with E-state index in [0.29, 0.717) is 24.4 Å². The number of hydrogen-bond acceptors (Lipinski definition) is 4. The Morgan fingerprint density at radius 1 is 1.25 bits per heavy atom. The Hall–Kier alpha value is -2.69. The zero-order chi connectivity index (χ0) is 20.3. The van der Waals surface area contributed by atoms with Gasteiger partial charge in [-0.05, 0) is 49.7 Å². The van der Waals surface area contributed by atoms with Crippen molar-refractivity contribution in [1.29, 1.82) is 5.26 Å². The molecule has 1 aliphatic heterocycles. The molecule has 0 radical (unpaired) electrons. The average Bonchev–Trinajstić information content (AvgIpc) is 2.66. The number of rotatable bonds is 6. The Morgan fingerprint density at radius 2 is 1.93 bits per heavy atom. The van der Waals surface area contributed by atoms with Gasteiger partial charge in [0.15, 0.2) is 0 Å². The molecule has 0 aliphatic carbocycles. The van der Waals surface area contributed by atoms with Crippen LogP contribution in [0.5, 0.6) is 5.75 Å². The summed E-state index contributed by atoms with van der Waals surface area (Å²) in [6.07, 6.45) is 0. The van der Waals surface area contributed by atoms with Crippen LogP contribution < -0.4 is 10.1 Å². The predicted molar refractivity (Wildman–Crippen MR) is 107 cm³/mol. The summed E-state index contributed by atoms with van der Waals surface area (Å²) in [5.74, 6) is 0.464. The molecule has 3 rings (SSSR count). The van der Waals surface area contributed by atoms with Crippen LogP contribution in [0, 0.1) is 30.6 Å². The highest BCUT2D eigenvalue weighted by Gasteiger charge is 2.52. The van der Waals surface area contributed by atoms with Crippen molar-refractivity contribution in [2.24, 2.45) is 5.41 Å². The molecular formula is C21H23N3O3S. The second-order valence-electron chi connectivity index (χ2n) is 7.10. The van der Waals surface area contributed by atoms with Gasteiger partial charge < -0.3 is 10.1 Å². The van der Waals surface area contributed by atoms with E-state index >= 15 is 0 Å². The Balaban J connectivity index is 1.70. The van der Waals surface area contributed by atoms with Gasteiger partial charge in [-0.3, -0.25) is 4.79 Å². The van der Waals surface area contributed by atoms with E-state index in [1.54, 1.807) is 35.6 Å². The summed E-state index contributed by atoms with van der Waals surface area (Å²) in [6.45, 7) is 4.82. The number of amides is 1. The van der Waals surface area contributed by atoms with Gasteiger partial charge in [-0.15, -0.1) is 0 Å². The summed E-state index contributed by atoms with van der Waals surface area (Å²) < 4.78 is 20.5. The summed E-state index contributed by atoms with van der Waals surface area (Å²) in [4.78, 5) is 13.3. The molecule has 0 bridgehead atoms. The summed E-state index contributed by atoms with van der Waals surface area (Å²) in [7, 11) is 0.276. The maximum absolute atomic E-state index is 12.9. The molecule has 0 aromatic heterocycles. The second kappa shape index (κ2) is 8.13. The van der Waals surface area contributed by atoms with Gasteiger partial charge >= 0.3 is 0 Å². The summed E-state index contributed by atoms with van der Waals surface area (Å²) in [5.41, 5.74) is 1.89. The lowest BCUT2D eigenvalue weighted by molar-refractivity contribution is -0.139. The number of hydrogen-bond donors (Lipinski definition) is 1. The smallest absolute Gasteiger partial charge is 0.232 e. The number of carbonyl (C=O) groups is 1. The monoisotopic (exact) mass is 397 g/mol. The molecule has 2 aromatic rings. The molecule has 1 amide bonds. The molecule has 1 heterocycles. The van der Waals surface area contributed by atoms with Crippen molar-refractivity contribution in [3.8, 4) is 11.8 Å². The summed E-state index contributed by atoms with van der Waals surface area (Å²) in [5, 5.41) is 11.6. The first kappa shape index (κ1) is 20.1. The third kappa shape index (κ3) is 3.93. The number of carbonyl (C=O) groups excluding carboxylic acids is 1. The number of nitrogens with zero attached hydrogens (tertiary/aromatic N) is 2. The van der Waals surface area contributed by atoms with Gasteiger partial charge in [-0.2, -0.15) is 5.26 Å². The van der Waals surface area contributed by atoms with E-state index in [2.05, 4.69) is 11.4 Å². The van der Waals surface area contributed by atoms with Crippen molar-refractivity contribution < 1.29 is 13.7 Å². The van der Waals surface area contributed by atoms with Crippen LogP contribution >= 0.6 is 0 Å². The van der Waals surface area contributed by atoms with E-state index in [9.17, 15) is 9.00 Å². The third-order valence-corrected chi connectivity index (χ3v) is 6.48. The molecular weight excluding hydrogens is 374 g/mol. The van der Waals surface area contributed by atoms with Crippen molar-refractivity contribution in [2.75, 3.05) is 26.7 Å². The third-order valence-electron chi connectivity index (χ3n) is 4.92. The van der Waals surface area contributed by atoms with Crippen molar-refractivity contribution in [1.82, 2.24) is 9.62 Å². The van der Waals surface area contributed by atoms with Crippen LogP contribution in [-0.4, -0.2) is 41.2 Å². The highest BCUT2D eigenvalue weighted by atomic mass is 32.2. The van der Waals surface area contributed by atoms with Gasteiger partial charge in [0.2, 0.25) is 5.91 Å². The van der Waals surface area contributed by atoms with Crippen molar-refractivity contribution in [2.45, 2.75) is 18.7 Å². The molecule has 1 atom stereocenters. The maximum Gasteiger partial charge on any atom is 0.232 e. The van der Waals surface area contributed by atoms with E-state index in [1.165, 1.54) is 0 Å². The van der Waals surface area contributed by atoms with Gasteiger partial charge in [0.25, 0.3) is 0 Å². The number of nitriles is 1. The lowest BCUT2D eigenvalue weighted by Crippen LogP contribution is -2.65. The van der Waals surface area contributed by atoms with Gasteiger partial charge in [0.1, 0.15) is 28.8 Å². The molecule has 1 saturated heterocycles. The first-order valence-electron chi connectivity index (χ1n) is 8.98. The van der Waals surface area contributed by atoms with Gasteiger partial charge in [-0.25, -0.2) is 8.51 Å². The number of nitrogens with one attached hydrogen (secondary N) is 1. The minimum absolute atomic E-state index is 0.130.